The van der Waals surface area contributed by atoms with Crippen LogP contribution in [0.3, 0.4) is 0 Å². The number of Topliss-reactive ketones (excluding diaryl/α,β-unsaturated/α-hetero) is 1. The fourth-order valence-electron chi connectivity index (χ4n) is 3.39. The third-order valence-corrected chi connectivity index (χ3v) is 6.16. The lowest BCUT2D eigenvalue weighted by Crippen LogP contribution is -2.60. The van der Waals surface area contributed by atoms with E-state index in [4.69, 9.17) is 46.4 Å². The Balaban J connectivity index is 2.11. The van der Waals surface area contributed by atoms with E-state index < -0.39 is 29.5 Å². The van der Waals surface area contributed by atoms with Gasteiger partial charge in [0.25, 0.3) is 5.91 Å². The average Bonchev–Trinajstić information content (AvgIpc) is 2.77. The van der Waals surface area contributed by atoms with Crippen molar-refractivity contribution >= 4 is 69.9 Å². The van der Waals surface area contributed by atoms with Gasteiger partial charge in [0.05, 0.1) is 10.0 Å². The van der Waals surface area contributed by atoms with Gasteiger partial charge in [0, 0.05) is 34.9 Å². The van der Waals surface area contributed by atoms with Crippen molar-refractivity contribution in [2.45, 2.75) is 31.7 Å². The van der Waals surface area contributed by atoms with E-state index in [2.05, 4.69) is 0 Å². The smallest absolute Gasteiger partial charge is 0.273 e. The van der Waals surface area contributed by atoms with Crippen molar-refractivity contribution in [2.75, 3.05) is 5.88 Å². The number of nitrogens with zero attached hydrogens (tertiary/aromatic N) is 2. The van der Waals surface area contributed by atoms with Gasteiger partial charge in [-0.15, -0.1) is 11.6 Å². The summed E-state index contributed by atoms with van der Waals surface area (Å²) in [6.07, 6.45) is 0.515. The van der Waals surface area contributed by atoms with Crippen LogP contribution in [0.5, 0.6) is 0 Å². The summed E-state index contributed by atoms with van der Waals surface area (Å²) in [6, 6.07) is 9.04. The van der Waals surface area contributed by atoms with Gasteiger partial charge < -0.3 is 0 Å². The normalized spacial score (nSPS) is 14.9. The van der Waals surface area contributed by atoms with Crippen LogP contribution in [0.2, 0.25) is 15.1 Å². The van der Waals surface area contributed by atoms with Crippen molar-refractivity contribution in [2.24, 2.45) is 0 Å². The maximum absolute atomic E-state index is 13.6. The van der Waals surface area contributed by atoms with Crippen LogP contribution in [0, 0.1) is 0 Å². The lowest BCUT2D eigenvalue weighted by Gasteiger charge is -2.39. The number of hydrogen-bond acceptors (Lipinski definition) is 4. The zero-order valence-electron chi connectivity index (χ0n) is 16.7. The van der Waals surface area contributed by atoms with Gasteiger partial charge in [-0.1, -0.05) is 34.8 Å². The summed E-state index contributed by atoms with van der Waals surface area (Å²) >= 11 is 23.9. The minimum Gasteiger partial charge on any atom is -0.292 e. The molecule has 0 saturated carbocycles. The van der Waals surface area contributed by atoms with Crippen LogP contribution in [-0.4, -0.2) is 45.4 Å². The second kappa shape index (κ2) is 10.7. The summed E-state index contributed by atoms with van der Waals surface area (Å²) in [7, 11) is 0. The van der Waals surface area contributed by atoms with E-state index in [0.717, 1.165) is 10.0 Å². The van der Waals surface area contributed by atoms with Gasteiger partial charge in [-0.3, -0.25) is 19.2 Å². The first-order valence-electron chi connectivity index (χ1n) is 9.74. The van der Waals surface area contributed by atoms with Gasteiger partial charge >= 0.3 is 0 Å². The molecule has 3 rings (SSSR count). The van der Waals surface area contributed by atoms with Crippen LogP contribution >= 0.6 is 46.4 Å². The van der Waals surface area contributed by atoms with Crippen LogP contribution in [-0.2, 0) is 9.59 Å². The molecule has 3 amide bonds. The Labute approximate surface area is 204 Å². The van der Waals surface area contributed by atoms with Gasteiger partial charge in [0.2, 0.25) is 11.8 Å². The van der Waals surface area contributed by atoms with Crippen LogP contribution in [0.25, 0.3) is 0 Å². The highest BCUT2D eigenvalue weighted by Crippen LogP contribution is 2.27. The number of halogens is 4. The highest BCUT2D eigenvalue weighted by atomic mass is 35.5. The molecule has 1 saturated heterocycles. The monoisotopic (exact) mass is 514 g/mol. The van der Waals surface area contributed by atoms with Crippen LogP contribution in [0.15, 0.2) is 42.5 Å². The zero-order chi connectivity index (χ0) is 23.4. The maximum atomic E-state index is 13.6. The molecule has 32 heavy (non-hydrogen) atoms. The molecule has 1 heterocycles. The SMILES string of the molecule is O=C(c1ccc(Cl)cc1)[C@H](CCCl)N(C(=O)c1ccc(Cl)c(Cl)c1)N1C(=O)CCCC1=O. The average molecular weight is 516 g/mol. The number of hydrazine groups is 1. The van der Waals surface area contributed by atoms with Crippen molar-refractivity contribution in [1.82, 2.24) is 10.0 Å². The predicted octanol–water partition coefficient (Wildman–Crippen LogP) is 5.42. The highest BCUT2D eigenvalue weighted by molar-refractivity contribution is 6.42. The van der Waals surface area contributed by atoms with Crippen LogP contribution < -0.4 is 0 Å². The number of carbonyl (C=O) groups is 4. The molecule has 0 bridgehead atoms. The number of ketones is 1. The third kappa shape index (κ3) is 5.26. The summed E-state index contributed by atoms with van der Waals surface area (Å²) in [5.41, 5.74) is 0.322. The molecule has 0 unspecified atom stereocenters. The van der Waals surface area contributed by atoms with E-state index in [1.54, 1.807) is 0 Å². The van der Waals surface area contributed by atoms with E-state index in [-0.39, 0.29) is 46.3 Å². The summed E-state index contributed by atoms with van der Waals surface area (Å²) in [6.45, 7) is 0. The van der Waals surface area contributed by atoms with Gasteiger partial charge in [-0.05, 0) is 55.3 Å². The van der Waals surface area contributed by atoms with Crippen LogP contribution in [0.4, 0.5) is 0 Å². The molecule has 2 aromatic rings. The van der Waals surface area contributed by atoms with Gasteiger partial charge in [-0.25, -0.2) is 5.01 Å². The van der Waals surface area contributed by atoms with Crippen molar-refractivity contribution in [1.29, 1.82) is 0 Å². The first-order valence-corrected chi connectivity index (χ1v) is 11.4. The lowest BCUT2D eigenvalue weighted by molar-refractivity contribution is -0.165. The standard InChI is InChI=1S/C22H18Cl4N2O4/c23-11-10-18(21(31)13-4-7-15(24)8-5-13)27(28-19(29)2-1-3-20(28)30)22(32)14-6-9-16(25)17(26)12-14/h4-9,12,18H,1-3,10-11H2/t18-/m0/s1. The molecule has 0 radical (unpaired) electrons. The lowest BCUT2D eigenvalue weighted by atomic mass is 10.00. The first-order chi connectivity index (χ1) is 15.2. The summed E-state index contributed by atoms with van der Waals surface area (Å²) < 4.78 is 0. The Hall–Kier alpha value is -2.12. The van der Waals surface area contributed by atoms with E-state index in [0.29, 0.717) is 11.4 Å². The third-order valence-electron chi connectivity index (χ3n) is 4.95. The first kappa shape index (κ1) is 24.5. The van der Waals surface area contributed by atoms with Gasteiger partial charge in [0.1, 0.15) is 6.04 Å². The summed E-state index contributed by atoms with van der Waals surface area (Å²) in [5, 5.41) is 2.45. The van der Waals surface area contributed by atoms with E-state index in [9.17, 15) is 19.2 Å². The number of hydrogen-bond donors (Lipinski definition) is 0. The second-order valence-electron chi connectivity index (χ2n) is 7.10. The molecule has 168 valence electrons. The van der Waals surface area contributed by atoms with Crippen molar-refractivity contribution in [3.05, 3.63) is 68.7 Å². The summed E-state index contributed by atoms with van der Waals surface area (Å²) in [4.78, 5) is 52.4. The Bertz CT molecular complexity index is 1040. The molecule has 6 nitrogen and oxygen atoms in total. The Morgan fingerprint density at radius 2 is 1.50 bits per heavy atom. The minimum absolute atomic E-state index is 0.00533. The maximum Gasteiger partial charge on any atom is 0.273 e. The molecular weight excluding hydrogens is 498 g/mol. The summed E-state index contributed by atoms with van der Waals surface area (Å²) in [5.74, 6) is -2.37. The molecular formula is C22H18Cl4N2O4. The van der Waals surface area contributed by atoms with E-state index in [1.165, 1.54) is 42.5 Å². The Morgan fingerprint density at radius 1 is 0.906 bits per heavy atom. The van der Waals surface area contributed by atoms with E-state index >= 15 is 0 Å². The second-order valence-corrected chi connectivity index (χ2v) is 8.72. The molecule has 0 spiro atoms. The molecule has 0 N–H and O–H groups in total. The number of piperidine rings is 1. The molecule has 2 aromatic carbocycles. The highest BCUT2D eigenvalue weighted by Gasteiger charge is 2.41. The van der Waals surface area contributed by atoms with E-state index in [1.807, 2.05) is 0 Å². The largest absolute Gasteiger partial charge is 0.292 e. The quantitative estimate of drug-likeness (QED) is 0.280. The number of imide groups is 1. The number of amides is 3. The molecule has 1 atom stereocenters. The molecule has 10 heteroatoms. The number of benzene rings is 2. The topological polar surface area (TPSA) is 74.8 Å². The number of alkyl halides is 1. The van der Waals surface area contributed by atoms with Gasteiger partial charge in [0.15, 0.2) is 5.78 Å². The molecule has 1 aliphatic rings. The van der Waals surface area contributed by atoms with Gasteiger partial charge in [-0.2, -0.15) is 5.01 Å². The molecule has 0 aromatic heterocycles. The molecule has 0 aliphatic carbocycles. The van der Waals surface area contributed by atoms with Crippen molar-refractivity contribution in [3.63, 3.8) is 0 Å². The Morgan fingerprint density at radius 3 is 2.06 bits per heavy atom. The molecule has 1 aliphatic heterocycles. The predicted molar refractivity (Wildman–Crippen MR) is 123 cm³/mol. The van der Waals surface area contributed by atoms with Crippen molar-refractivity contribution < 1.29 is 19.2 Å². The fourth-order valence-corrected chi connectivity index (χ4v) is 4.02. The number of rotatable bonds is 7. The van der Waals surface area contributed by atoms with Crippen molar-refractivity contribution in [3.8, 4) is 0 Å². The Kier molecular flexibility index (Phi) is 8.17. The van der Waals surface area contributed by atoms with Crippen LogP contribution in [0.1, 0.15) is 46.4 Å². The number of carbonyl (C=O) groups excluding carboxylic acids is 4. The molecule has 1 fully saturated rings. The zero-order valence-corrected chi connectivity index (χ0v) is 19.7. The fraction of sp³-hybridized carbons (Fsp3) is 0.273. The minimum atomic E-state index is -1.21.